The smallest absolute Gasteiger partial charge is 0.363 e. The standard InChI is InChI=1S/C29H22F3N3/c1-19(20-15-17-22(18-16-20)21-9-3-2-4-10-21)33-28-24-12-6-8-14-26(24)34-27(35-28)23-11-5-7-13-25(23)29(30,31)32/h2-19H,1H3,(H,33,34,35). The van der Waals surface area contributed by atoms with E-state index in [1.54, 1.807) is 12.1 Å². The summed E-state index contributed by atoms with van der Waals surface area (Å²) in [5, 5.41) is 4.14. The lowest BCUT2D eigenvalue weighted by Gasteiger charge is -2.18. The second kappa shape index (κ2) is 9.22. The van der Waals surface area contributed by atoms with Crippen LogP contribution >= 0.6 is 0 Å². The first-order valence-electron chi connectivity index (χ1n) is 11.3. The monoisotopic (exact) mass is 469 g/mol. The number of fused-ring (bicyclic) bond motifs is 1. The van der Waals surface area contributed by atoms with E-state index in [4.69, 9.17) is 0 Å². The van der Waals surface area contributed by atoms with Crippen LogP contribution in [0.2, 0.25) is 0 Å². The molecule has 0 spiro atoms. The van der Waals surface area contributed by atoms with Crippen molar-refractivity contribution >= 4 is 16.7 Å². The minimum atomic E-state index is -4.51. The zero-order valence-electron chi connectivity index (χ0n) is 18.9. The molecule has 5 rings (SSSR count). The number of halogens is 3. The second-order valence-corrected chi connectivity index (χ2v) is 8.31. The first-order valence-corrected chi connectivity index (χ1v) is 11.3. The van der Waals surface area contributed by atoms with Gasteiger partial charge in [-0.05, 0) is 41.8 Å². The number of hydrogen-bond donors (Lipinski definition) is 1. The van der Waals surface area contributed by atoms with Gasteiger partial charge in [-0.1, -0.05) is 84.9 Å². The van der Waals surface area contributed by atoms with E-state index in [0.29, 0.717) is 11.3 Å². The molecular weight excluding hydrogens is 447 g/mol. The molecule has 1 atom stereocenters. The van der Waals surface area contributed by atoms with Crippen molar-refractivity contribution in [1.82, 2.24) is 9.97 Å². The Labute approximate surface area is 201 Å². The summed E-state index contributed by atoms with van der Waals surface area (Å²) in [7, 11) is 0. The third kappa shape index (κ3) is 4.73. The lowest BCUT2D eigenvalue weighted by molar-refractivity contribution is -0.137. The highest BCUT2D eigenvalue weighted by molar-refractivity contribution is 5.91. The minimum absolute atomic E-state index is 0.0331. The van der Waals surface area contributed by atoms with Gasteiger partial charge < -0.3 is 5.32 Å². The minimum Gasteiger partial charge on any atom is -0.363 e. The van der Waals surface area contributed by atoms with Gasteiger partial charge in [-0.2, -0.15) is 13.2 Å². The fraction of sp³-hybridized carbons (Fsp3) is 0.103. The Bertz CT molecular complexity index is 1460. The van der Waals surface area contributed by atoms with Crippen molar-refractivity contribution in [3.8, 4) is 22.5 Å². The van der Waals surface area contributed by atoms with E-state index in [9.17, 15) is 13.2 Å². The summed E-state index contributed by atoms with van der Waals surface area (Å²) in [6.07, 6.45) is -4.51. The van der Waals surface area contributed by atoms with Crippen molar-refractivity contribution in [2.45, 2.75) is 19.1 Å². The Morgan fingerprint density at radius 3 is 2.06 bits per heavy atom. The fourth-order valence-corrected chi connectivity index (χ4v) is 4.12. The molecule has 0 aliphatic rings. The van der Waals surface area contributed by atoms with E-state index in [1.807, 2.05) is 55.5 Å². The highest BCUT2D eigenvalue weighted by Crippen LogP contribution is 2.37. The van der Waals surface area contributed by atoms with Crippen LogP contribution in [-0.2, 0) is 6.18 Å². The van der Waals surface area contributed by atoms with E-state index < -0.39 is 11.7 Å². The molecule has 0 aliphatic carbocycles. The van der Waals surface area contributed by atoms with Crippen molar-refractivity contribution in [2.24, 2.45) is 0 Å². The summed E-state index contributed by atoms with van der Waals surface area (Å²) in [5.74, 6) is 0.521. The summed E-state index contributed by atoms with van der Waals surface area (Å²) in [6, 6.07) is 30.9. The number of alkyl halides is 3. The highest BCUT2D eigenvalue weighted by Gasteiger charge is 2.34. The van der Waals surface area contributed by atoms with Crippen LogP contribution in [-0.4, -0.2) is 9.97 Å². The van der Waals surface area contributed by atoms with Crippen LogP contribution < -0.4 is 5.32 Å². The Morgan fingerprint density at radius 1 is 0.686 bits per heavy atom. The van der Waals surface area contributed by atoms with Gasteiger partial charge in [0, 0.05) is 17.0 Å². The molecule has 6 heteroatoms. The maximum absolute atomic E-state index is 13.7. The van der Waals surface area contributed by atoms with E-state index in [0.717, 1.165) is 28.1 Å². The van der Waals surface area contributed by atoms with Gasteiger partial charge in [0.1, 0.15) is 5.82 Å². The van der Waals surface area contributed by atoms with Crippen molar-refractivity contribution in [3.63, 3.8) is 0 Å². The zero-order chi connectivity index (χ0) is 24.4. The number of hydrogen-bond acceptors (Lipinski definition) is 3. The molecular formula is C29H22F3N3. The molecule has 4 aromatic carbocycles. The largest absolute Gasteiger partial charge is 0.417 e. The van der Waals surface area contributed by atoms with Gasteiger partial charge >= 0.3 is 6.18 Å². The van der Waals surface area contributed by atoms with E-state index in [-0.39, 0.29) is 17.4 Å². The van der Waals surface area contributed by atoms with Gasteiger partial charge in [0.15, 0.2) is 5.82 Å². The predicted molar refractivity (Wildman–Crippen MR) is 134 cm³/mol. The first-order chi connectivity index (χ1) is 16.9. The number of para-hydroxylation sites is 1. The van der Waals surface area contributed by atoms with Crippen LogP contribution in [0.5, 0.6) is 0 Å². The van der Waals surface area contributed by atoms with E-state index in [1.165, 1.54) is 12.1 Å². The van der Waals surface area contributed by atoms with Gasteiger partial charge in [0.2, 0.25) is 0 Å². The van der Waals surface area contributed by atoms with Crippen LogP contribution in [0.3, 0.4) is 0 Å². The quantitative estimate of drug-likeness (QED) is 0.282. The Hall–Kier alpha value is -4.19. The number of nitrogens with zero attached hydrogens (tertiary/aromatic N) is 2. The maximum atomic E-state index is 13.7. The van der Waals surface area contributed by atoms with E-state index in [2.05, 4.69) is 39.6 Å². The van der Waals surface area contributed by atoms with Gasteiger partial charge in [-0.3, -0.25) is 0 Å². The zero-order valence-corrected chi connectivity index (χ0v) is 18.9. The second-order valence-electron chi connectivity index (χ2n) is 8.31. The molecule has 0 bridgehead atoms. The topological polar surface area (TPSA) is 37.8 Å². The number of benzene rings is 4. The van der Waals surface area contributed by atoms with Crippen molar-refractivity contribution in [3.05, 3.63) is 114 Å². The summed E-state index contributed by atoms with van der Waals surface area (Å²) in [6.45, 7) is 2.00. The molecule has 1 unspecified atom stereocenters. The van der Waals surface area contributed by atoms with Crippen molar-refractivity contribution in [1.29, 1.82) is 0 Å². The molecule has 0 saturated heterocycles. The van der Waals surface area contributed by atoms with Crippen LogP contribution in [0.25, 0.3) is 33.4 Å². The summed E-state index contributed by atoms with van der Waals surface area (Å²) < 4.78 is 41.0. The predicted octanol–water partition coefficient (Wildman–Crippen LogP) is 8.16. The molecule has 5 aromatic rings. The molecule has 1 N–H and O–H groups in total. The Balaban J connectivity index is 1.51. The molecule has 0 saturated carbocycles. The molecule has 0 radical (unpaired) electrons. The summed E-state index contributed by atoms with van der Waals surface area (Å²) in [4.78, 5) is 9.01. The van der Waals surface area contributed by atoms with Gasteiger partial charge in [-0.15, -0.1) is 0 Å². The van der Waals surface area contributed by atoms with Crippen LogP contribution in [0, 0.1) is 0 Å². The van der Waals surface area contributed by atoms with Gasteiger partial charge in [0.25, 0.3) is 0 Å². The normalized spacial score (nSPS) is 12.5. The van der Waals surface area contributed by atoms with Gasteiger partial charge in [-0.25, -0.2) is 9.97 Å². The fourth-order valence-electron chi connectivity index (χ4n) is 4.12. The molecule has 35 heavy (non-hydrogen) atoms. The molecule has 0 aliphatic heterocycles. The Morgan fingerprint density at radius 2 is 1.31 bits per heavy atom. The average molecular weight is 470 g/mol. The number of nitrogens with one attached hydrogen (secondary N) is 1. The first kappa shape index (κ1) is 22.6. The van der Waals surface area contributed by atoms with Crippen LogP contribution in [0.15, 0.2) is 103 Å². The van der Waals surface area contributed by atoms with Crippen LogP contribution in [0.4, 0.5) is 19.0 Å². The molecule has 1 heterocycles. The molecule has 0 amide bonds. The average Bonchev–Trinajstić information content (AvgIpc) is 2.88. The number of aromatic nitrogens is 2. The molecule has 1 aromatic heterocycles. The molecule has 0 fully saturated rings. The molecule has 3 nitrogen and oxygen atoms in total. The summed E-state index contributed by atoms with van der Waals surface area (Å²) >= 11 is 0. The SMILES string of the molecule is CC(Nc1nc(-c2ccccc2C(F)(F)F)nc2ccccc12)c1ccc(-c2ccccc2)cc1. The Kier molecular flexibility index (Phi) is 5.95. The lowest BCUT2D eigenvalue weighted by Crippen LogP contribution is -2.11. The third-order valence-electron chi connectivity index (χ3n) is 5.95. The van der Waals surface area contributed by atoms with Crippen molar-refractivity contribution in [2.75, 3.05) is 5.32 Å². The van der Waals surface area contributed by atoms with E-state index >= 15 is 0 Å². The third-order valence-corrected chi connectivity index (χ3v) is 5.95. The summed E-state index contributed by atoms with van der Waals surface area (Å²) in [5.41, 5.74) is 3.04. The van der Waals surface area contributed by atoms with Crippen molar-refractivity contribution < 1.29 is 13.2 Å². The lowest BCUT2D eigenvalue weighted by atomic mass is 10.0. The molecule has 174 valence electrons. The van der Waals surface area contributed by atoms with Crippen LogP contribution in [0.1, 0.15) is 24.1 Å². The number of rotatable bonds is 5. The number of anilines is 1. The maximum Gasteiger partial charge on any atom is 0.417 e. The van der Waals surface area contributed by atoms with Gasteiger partial charge in [0.05, 0.1) is 11.1 Å². The highest BCUT2D eigenvalue weighted by atomic mass is 19.4.